The smallest absolute Gasteiger partial charge is 0.410 e. The van der Waals surface area contributed by atoms with Crippen LogP contribution in [0.3, 0.4) is 0 Å². The first-order chi connectivity index (χ1) is 18.7. The predicted molar refractivity (Wildman–Crippen MR) is 148 cm³/mol. The molecule has 1 aromatic carbocycles. The second kappa shape index (κ2) is 11.4. The maximum absolute atomic E-state index is 12.4. The van der Waals surface area contributed by atoms with E-state index in [1.165, 1.54) is 0 Å². The fourth-order valence-electron chi connectivity index (χ4n) is 5.53. The number of nitrogens with zero attached hydrogens (tertiary/aromatic N) is 6. The number of rotatable bonds is 6. The van der Waals surface area contributed by atoms with Gasteiger partial charge in [0.2, 0.25) is 0 Å². The van der Waals surface area contributed by atoms with E-state index in [2.05, 4.69) is 20.2 Å². The zero-order valence-corrected chi connectivity index (χ0v) is 23.3. The second-order valence-corrected chi connectivity index (χ2v) is 11.3. The van der Waals surface area contributed by atoms with Gasteiger partial charge in [-0.2, -0.15) is 5.10 Å². The van der Waals surface area contributed by atoms with Crippen LogP contribution in [0.25, 0.3) is 22.3 Å². The Bertz CT molecular complexity index is 1290. The fraction of sp³-hybridized carbons (Fsp3) is 0.571. The molecule has 0 radical (unpaired) electrons. The molecular weight excluding hydrogens is 498 g/mol. The van der Waals surface area contributed by atoms with E-state index < -0.39 is 5.60 Å². The average Bonchev–Trinajstić information content (AvgIpc) is 3.27. The summed E-state index contributed by atoms with van der Waals surface area (Å²) in [5, 5.41) is 13.5. The maximum atomic E-state index is 12.4. The van der Waals surface area contributed by atoms with Crippen LogP contribution in [-0.4, -0.2) is 87.6 Å². The van der Waals surface area contributed by atoms with Crippen LogP contribution in [0, 0.1) is 0 Å². The lowest BCUT2D eigenvalue weighted by molar-refractivity contribution is 0.0119. The minimum Gasteiger partial charge on any atom is -0.467 e. The van der Waals surface area contributed by atoms with Crippen LogP contribution in [0.1, 0.15) is 52.5 Å². The third-order valence-electron chi connectivity index (χ3n) is 7.45. The lowest BCUT2D eigenvalue weighted by atomic mass is 9.98. The zero-order valence-electron chi connectivity index (χ0n) is 23.3. The average molecular weight is 538 g/mol. The minimum absolute atomic E-state index is 0.149. The van der Waals surface area contributed by atoms with E-state index in [-0.39, 0.29) is 18.9 Å². The number of ether oxygens (including phenoxy) is 3. The molecule has 4 heterocycles. The van der Waals surface area contributed by atoms with Crippen molar-refractivity contribution in [3.05, 3.63) is 30.3 Å². The van der Waals surface area contributed by atoms with Gasteiger partial charge in [-0.25, -0.2) is 4.79 Å². The van der Waals surface area contributed by atoms with Gasteiger partial charge < -0.3 is 29.7 Å². The number of carbonyl (C=O) groups excluding carboxylic acids is 1. The summed E-state index contributed by atoms with van der Waals surface area (Å²) in [7, 11) is 1.59. The summed E-state index contributed by atoms with van der Waals surface area (Å²) in [6.07, 6.45) is 3.65. The van der Waals surface area contributed by atoms with Crippen molar-refractivity contribution in [2.45, 2.75) is 64.1 Å². The molecule has 11 nitrogen and oxygen atoms in total. The number of nitrogen functional groups attached to an aromatic ring is 1. The number of likely N-dealkylation sites (tertiary alicyclic amines) is 2. The Morgan fingerprint density at radius 3 is 2.41 bits per heavy atom. The molecule has 1 amide bonds. The van der Waals surface area contributed by atoms with Gasteiger partial charge in [-0.15, -0.1) is 10.2 Å². The van der Waals surface area contributed by atoms with E-state index in [9.17, 15) is 4.79 Å². The summed E-state index contributed by atoms with van der Waals surface area (Å²) in [5.74, 6) is 1.07. The Morgan fingerprint density at radius 2 is 1.72 bits per heavy atom. The summed E-state index contributed by atoms with van der Waals surface area (Å²) in [6, 6.07) is 10.4. The monoisotopic (exact) mass is 537 g/mol. The summed E-state index contributed by atoms with van der Waals surface area (Å²) in [6.45, 7) is 9.28. The first-order valence-corrected chi connectivity index (χ1v) is 13.7. The lowest BCUT2D eigenvalue weighted by Gasteiger charge is -2.42. The number of amides is 1. The van der Waals surface area contributed by atoms with Gasteiger partial charge in [0.05, 0.1) is 17.3 Å². The molecular formula is C28H39N7O4. The van der Waals surface area contributed by atoms with Gasteiger partial charge in [-0.3, -0.25) is 4.68 Å². The van der Waals surface area contributed by atoms with Crippen LogP contribution >= 0.6 is 0 Å². The van der Waals surface area contributed by atoms with Crippen molar-refractivity contribution < 1.29 is 19.0 Å². The second-order valence-electron chi connectivity index (χ2n) is 11.3. The molecule has 2 saturated heterocycles. The van der Waals surface area contributed by atoms with Crippen molar-refractivity contribution in [1.29, 1.82) is 0 Å². The quantitative estimate of drug-likeness (QED) is 0.463. The third-order valence-corrected chi connectivity index (χ3v) is 7.45. The molecule has 2 aromatic heterocycles. The summed E-state index contributed by atoms with van der Waals surface area (Å²) < 4.78 is 18.4. The number of fused-ring (bicyclic) bond motifs is 1. The van der Waals surface area contributed by atoms with Crippen molar-refractivity contribution in [1.82, 2.24) is 29.8 Å². The van der Waals surface area contributed by atoms with E-state index in [0.29, 0.717) is 28.8 Å². The number of anilines is 1. The molecule has 39 heavy (non-hydrogen) atoms. The SMILES string of the molecule is COCOc1ccccc1-c1cc2c(nn1)c(N)nn2C1CCN(C2CCN(C(=O)OC(C)(C)C)CC2)CC1. The topological polar surface area (TPSA) is 121 Å². The van der Waals surface area contributed by atoms with Gasteiger partial charge in [0.15, 0.2) is 18.1 Å². The molecule has 2 aliphatic rings. The van der Waals surface area contributed by atoms with Crippen LogP contribution in [0.2, 0.25) is 0 Å². The Morgan fingerprint density at radius 1 is 1.03 bits per heavy atom. The number of hydrogen-bond donors (Lipinski definition) is 1. The number of hydrogen-bond acceptors (Lipinski definition) is 9. The molecule has 0 unspecified atom stereocenters. The highest BCUT2D eigenvalue weighted by Crippen LogP contribution is 2.34. The van der Waals surface area contributed by atoms with Crippen LogP contribution in [-0.2, 0) is 9.47 Å². The summed E-state index contributed by atoms with van der Waals surface area (Å²) in [4.78, 5) is 16.8. The molecule has 2 aliphatic heterocycles. The van der Waals surface area contributed by atoms with Crippen molar-refractivity contribution >= 4 is 22.9 Å². The van der Waals surface area contributed by atoms with E-state index in [4.69, 9.17) is 19.9 Å². The third kappa shape index (κ3) is 6.09. The normalized spacial score (nSPS) is 18.0. The molecule has 2 fully saturated rings. The molecule has 5 rings (SSSR count). The number of aromatic nitrogens is 4. The molecule has 0 bridgehead atoms. The van der Waals surface area contributed by atoms with Crippen molar-refractivity contribution in [3.63, 3.8) is 0 Å². The Hall–Kier alpha value is -3.44. The molecule has 0 atom stereocenters. The largest absolute Gasteiger partial charge is 0.467 e. The molecule has 210 valence electrons. The molecule has 0 aliphatic carbocycles. The van der Waals surface area contributed by atoms with Gasteiger partial charge in [0, 0.05) is 44.9 Å². The van der Waals surface area contributed by atoms with E-state index in [1.54, 1.807) is 7.11 Å². The van der Waals surface area contributed by atoms with Gasteiger partial charge in [0.25, 0.3) is 0 Å². The summed E-state index contributed by atoms with van der Waals surface area (Å²) in [5.41, 5.74) is 8.82. The Balaban J connectivity index is 1.25. The highest BCUT2D eigenvalue weighted by atomic mass is 16.7. The molecule has 11 heteroatoms. The van der Waals surface area contributed by atoms with Crippen LogP contribution < -0.4 is 10.5 Å². The van der Waals surface area contributed by atoms with Gasteiger partial charge in [-0.1, -0.05) is 12.1 Å². The Labute approximate surface area is 229 Å². The van der Waals surface area contributed by atoms with Crippen molar-refractivity contribution in [2.24, 2.45) is 0 Å². The van der Waals surface area contributed by atoms with Gasteiger partial charge in [-0.05, 0) is 64.7 Å². The van der Waals surface area contributed by atoms with Gasteiger partial charge >= 0.3 is 6.09 Å². The predicted octanol–water partition coefficient (Wildman–Crippen LogP) is 4.09. The number of methoxy groups -OCH3 is 1. The summed E-state index contributed by atoms with van der Waals surface area (Å²) >= 11 is 0. The van der Waals surface area contributed by atoms with Crippen molar-refractivity contribution in [2.75, 3.05) is 45.8 Å². The zero-order chi connectivity index (χ0) is 27.6. The standard InChI is InChI=1S/C28H39N7O4/c1-28(2,3)39-27(36)34-15-9-19(10-16-34)33-13-11-20(12-14-33)35-23-17-22(30-31-25(23)26(29)32-35)21-7-5-6-8-24(21)38-18-37-4/h5-8,17,19-20H,9-16,18H2,1-4H3,(H2,29,32). The molecule has 3 aromatic rings. The van der Waals surface area contributed by atoms with Crippen LogP contribution in [0.15, 0.2) is 30.3 Å². The number of piperidine rings is 2. The van der Waals surface area contributed by atoms with E-state index >= 15 is 0 Å². The molecule has 0 saturated carbocycles. The fourth-order valence-corrected chi connectivity index (χ4v) is 5.53. The highest BCUT2D eigenvalue weighted by molar-refractivity contribution is 5.87. The molecule has 2 N–H and O–H groups in total. The van der Waals surface area contributed by atoms with Crippen molar-refractivity contribution in [3.8, 4) is 17.0 Å². The first kappa shape index (κ1) is 27.1. The highest BCUT2D eigenvalue weighted by Gasteiger charge is 2.32. The lowest BCUT2D eigenvalue weighted by Crippen LogP contribution is -2.50. The van der Waals surface area contributed by atoms with Crippen LogP contribution in [0.5, 0.6) is 5.75 Å². The maximum Gasteiger partial charge on any atom is 0.410 e. The minimum atomic E-state index is -0.469. The number of para-hydroxylation sites is 1. The van der Waals surface area contributed by atoms with Crippen LogP contribution in [0.4, 0.5) is 10.6 Å². The number of carbonyl (C=O) groups is 1. The first-order valence-electron chi connectivity index (χ1n) is 13.7. The van der Waals surface area contributed by atoms with E-state index in [1.807, 2.05) is 60.7 Å². The Kier molecular flexibility index (Phi) is 7.90. The number of nitrogens with two attached hydrogens (primary N) is 1. The number of benzene rings is 1. The molecule has 0 spiro atoms. The van der Waals surface area contributed by atoms with E-state index in [0.717, 1.165) is 62.9 Å². The van der Waals surface area contributed by atoms with Gasteiger partial charge in [0.1, 0.15) is 11.4 Å².